The summed E-state index contributed by atoms with van der Waals surface area (Å²) in [6.07, 6.45) is -1.82. The average molecular weight is 533 g/mol. The minimum atomic E-state index is -1.85. The van der Waals surface area contributed by atoms with Crippen molar-refractivity contribution in [1.29, 1.82) is 0 Å². The summed E-state index contributed by atoms with van der Waals surface area (Å²) in [5, 5.41) is 40.5. The Kier molecular flexibility index (Phi) is 9.14. The van der Waals surface area contributed by atoms with Crippen LogP contribution in [-0.4, -0.2) is 62.9 Å². The van der Waals surface area contributed by atoms with Crippen LogP contribution in [0.4, 0.5) is 0 Å². The van der Waals surface area contributed by atoms with E-state index < -0.39 is 35.9 Å². The number of aliphatic carboxylic acids is 1. The maximum Gasteiger partial charge on any atom is 0.336 e. The van der Waals surface area contributed by atoms with E-state index in [1.165, 1.54) is 18.2 Å². The van der Waals surface area contributed by atoms with E-state index in [-0.39, 0.29) is 31.1 Å². The van der Waals surface area contributed by atoms with Crippen LogP contribution in [0.2, 0.25) is 0 Å². The van der Waals surface area contributed by atoms with Crippen LogP contribution < -0.4 is 0 Å². The molecule has 0 aromatic heterocycles. The highest BCUT2D eigenvalue weighted by atomic mass is 16.6. The number of hydrogen-bond donors (Lipinski definition) is 4. The number of aliphatic hydroxyl groups excluding tert-OH is 2. The Balaban J connectivity index is 1.45. The molecule has 0 unspecified atom stereocenters. The zero-order valence-electron chi connectivity index (χ0n) is 21.3. The molecular formula is C31H32O8. The van der Waals surface area contributed by atoms with Crippen LogP contribution in [0.5, 0.6) is 5.75 Å². The van der Waals surface area contributed by atoms with E-state index in [0.717, 1.165) is 17.2 Å². The van der Waals surface area contributed by atoms with E-state index in [4.69, 9.17) is 9.47 Å². The molecule has 0 bridgehead atoms. The number of esters is 1. The molecule has 1 aliphatic carbocycles. The third-order valence-corrected chi connectivity index (χ3v) is 7.00. The highest BCUT2D eigenvalue weighted by Crippen LogP contribution is 2.36. The van der Waals surface area contributed by atoms with E-state index in [1.807, 2.05) is 60.7 Å². The molecule has 0 saturated heterocycles. The van der Waals surface area contributed by atoms with Gasteiger partial charge in [-0.15, -0.1) is 0 Å². The molecule has 8 nitrogen and oxygen atoms in total. The summed E-state index contributed by atoms with van der Waals surface area (Å²) >= 11 is 0. The molecular weight excluding hydrogens is 500 g/mol. The van der Waals surface area contributed by atoms with Crippen LogP contribution in [0.1, 0.15) is 41.9 Å². The Bertz CT molecular complexity index is 1220. The standard InChI is InChI=1S/C31H32O8/c32-24-14-11-21(12-15-24)13-16-28(34)39-27-20-31(30(36)37,19-26(33)29(27)35)38-18-17-25(22-7-3-1-4-8-22)23-9-5-2-6-10-23/h1-16,25-27,29,32-33,35H,17-20H2,(H,36,37)/b16-13+/t26-,27+,29+,31-/m0/s1. The number of carbonyl (C=O) groups excluding carboxylic acids is 1. The quantitative estimate of drug-likeness (QED) is 0.228. The van der Waals surface area contributed by atoms with Gasteiger partial charge in [0, 0.05) is 31.4 Å². The molecule has 8 heteroatoms. The third kappa shape index (κ3) is 7.11. The van der Waals surface area contributed by atoms with E-state index in [2.05, 4.69) is 0 Å². The van der Waals surface area contributed by atoms with Crippen LogP contribution in [0.15, 0.2) is 91.0 Å². The van der Waals surface area contributed by atoms with Crippen molar-refractivity contribution in [3.8, 4) is 5.75 Å². The second-order valence-corrected chi connectivity index (χ2v) is 9.68. The second-order valence-electron chi connectivity index (χ2n) is 9.68. The molecule has 4 rings (SSSR count). The fourth-order valence-corrected chi connectivity index (χ4v) is 4.91. The van der Waals surface area contributed by atoms with Crippen molar-refractivity contribution in [3.63, 3.8) is 0 Å². The van der Waals surface area contributed by atoms with Gasteiger partial charge < -0.3 is 29.9 Å². The summed E-state index contributed by atoms with van der Waals surface area (Å²) < 4.78 is 11.3. The monoisotopic (exact) mass is 532 g/mol. The third-order valence-electron chi connectivity index (χ3n) is 7.00. The minimum Gasteiger partial charge on any atom is -0.508 e. The van der Waals surface area contributed by atoms with Gasteiger partial charge in [-0.1, -0.05) is 72.8 Å². The predicted octanol–water partition coefficient (Wildman–Crippen LogP) is 3.90. The van der Waals surface area contributed by atoms with Crippen molar-refractivity contribution in [1.82, 2.24) is 0 Å². The molecule has 1 aliphatic rings. The summed E-state index contributed by atoms with van der Waals surface area (Å²) in [7, 11) is 0. The SMILES string of the molecule is O=C(/C=C/c1ccc(O)cc1)O[C@@H]1C[C@](OCCC(c2ccccc2)c2ccccc2)(C(=O)O)C[C@H](O)[C@H]1O. The zero-order chi connectivity index (χ0) is 27.8. The fraction of sp³-hybridized carbons (Fsp3) is 0.290. The van der Waals surface area contributed by atoms with E-state index >= 15 is 0 Å². The van der Waals surface area contributed by atoms with Gasteiger partial charge in [0.05, 0.1) is 6.10 Å². The van der Waals surface area contributed by atoms with Crippen molar-refractivity contribution in [2.24, 2.45) is 0 Å². The molecule has 4 atom stereocenters. The number of aliphatic hydroxyl groups is 2. The zero-order valence-corrected chi connectivity index (χ0v) is 21.3. The molecule has 0 amide bonds. The first-order chi connectivity index (χ1) is 18.8. The van der Waals surface area contributed by atoms with Crippen LogP contribution in [-0.2, 0) is 19.1 Å². The summed E-state index contributed by atoms with van der Waals surface area (Å²) in [6.45, 7) is 0.0605. The Morgan fingerprint density at radius 1 is 0.897 bits per heavy atom. The topological polar surface area (TPSA) is 134 Å². The summed E-state index contributed by atoms with van der Waals surface area (Å²) in [5.74, 6) is -2.08. The molecule has 0 aliphatic heterocycles. The number of carboxylic acid groups (broad SMARTS) is 1. The maximum atomic E-state index is 12.5. The Hall–Kier alpha value is -3.98. The van der Waals surface area contributed by atoms with Gasteiger partial charge >= 0.3 is 11.9 Å². The number of carboxylic acids is 1. The molecule has 204 valence electrons. The van der Waals surface area contributed by atoms with Gasteiger partial charge in [0.1, 0.15) is 18.0 Å². The summed E-state index contributed by atoms with van der Waals surface area (Å²) in [5.41, 5.74) is 0.900. The number of carbonyl (C=O) groups is 2. The van der Waals surface area contributed by atoms with Gasteiger partial charge in [0.15, 0.2) is 5.60 Å². The predicted molar refractivity (Wildman–Crippen MR) is 144 cm³/mol. The van der Waals surface area contributed by atoms with Crippen molar-refractivity contribution in [2.45, 2.75) is 49.1 Å². The van der Waals surface area contributed by atoms with Crippen LogP contribution in [0.25, 0.3) is 6.08 Å². The molecule has 1 fully saturated rings. The fourth-order valence-electron chi connectivity index (χ4n) is 4.91. The largest absolute Gasteiger partial charge is 0.508 e. The summed E-state index contributed by atoms with van der Waals surface area (Å²) in [4.78, 5) is 24.9. The molecule has 0 radical (unpaired) electrons. The number of phenols is 1. The normalized spacial score (nSPS) is 23.1. The van der Waals surface area contributed by atoms with Crippen LogP contribution in [0.3, 0.4) is 0 Å². The first kappa shape index (κ1) is 28.0. The van der Waals surface area contributed by atoms with Gasteiger partial charge in [-0.2, -0.15) is 0 Å². The highest BCUT2D eigenvalue weighted by molar-refractivity contribution is 5.87. The first-order valence-electron chi connectivity index (χ1n) is 12.8. The van der Waals surface area contributed by atoms with Gasteiger partial charge in [-0.3, -0.25) is 0 Å². The Labute approximate surface area is 226 Å². The lowest BCUT2D eigenvalue weighted by Crippen LogP contribution is -2.58. The Morgan fingerprint density at radius 3 is 2.05 bits per heavy atom. The number of hydrogen-bond acceptors (Lipinski definition) is 7. The number of ether oxygens (including phenoxy) is 2. The number of aromatic hydroxyl groups is 1. The van der Waals surface area contributed by atoms with Crippen LogP contribution >= 0.6 is 0 Å². The second kappa shape index (κ2) is 12.7. The lowest BCUT2D eigenvalue weighted by Gasteiger charge is -2.42. The van der Waals surface area contributed by atoms with Gasteiger partial charge in [-0.25, -0.2) is 9.59 Å². The molecule has 3 aromatic rings. The highest BCUT2D eigenvalue weighted by Gasteiger charge is 2.52. The lowest BCUT2D eigenvalue weighted by molar-refractivity contribution is -0.207. The van der Waals surface area contributed by atoms with Crippen molar-refractivity contribution >= 4 is 18.0 Å². The number of benzene rings is 3. The molecule has 1 saturated carbocycles. The molecule has 39 heavy (non-hydrogen) atoms. The smallest absolute Gasteiger partial charge is 0.336 e. The summed E-state index contributed by atoms with van der Waals surface area (Å²) in [6, 6.07) is 25.8. The van der Waals surface area contributed by atoms with E-state index in [9.17, 15) is 30.0 Å². The first-order valence-corrected chi connectivity index (χ1v) is 12.8. The molecule has 0 heterocycles. The van der Waals surface area contributed by atoms with Crippen LogP contribution in [0, 0.1) is 0 Å². The van der Waals surface area contributed by atoms with Gasteiger partial charge in [-0.05, 0) is 41.3 Å². The van der Waals surface area contributed by atoms with Gasteiger partial charge in [0.25, 0.3) is 0 Å². The molecule has 3 aromatic carbocycles. The van der Waals surface area contributed by atoms with Crippen molar-refractivity contribution in [3.05, 3.63) is 108 Å². The van der Waals surface area contributed by atoms with E-state index in [1.54, 1.807) is 12.1 Å². The molecule has 4 N–H and O–H groups in total. The number of rotatable bonds is 10. The average Bonchev–Trinajstić information content (AvgIpc) is 2.94. The van der Waals surface area contributed by atoms with Gasteiger partial charge in [0.2, 0.25) is 0 Å². The number of phenolic OH excluding ortho intramolecular Hbond substituents is 1. The Morgan fingerprint density at radius 2 is 1.49 bits per heavy atom. The van der Waals surface area contributed by atoms with E-state index in [0.29, 0.717) is 12.0 Å². The van der Waals surface area contributed by atoms with Crippen molar-refractivity contribution in [2.75, 3.05) is 6.61 Å². The minimum absolute atomic E-state index is 0.0454. The molecule has 0 spiro atoms. The maximum absolute atomic E-state index is 12.5. The van der Waals surface area contributed by atoms with Crippen molar-refractivity contribution < 1.29 is 39.5 Å². The lowest BCUT2D eigenvalue weighted by atomic mass is 9.79.